The highest BCUT2D eigenvalue weighted by Crippen LogP contribution is 2.16. The summed E-state index contributed by atoms with van der Waals surface area (Å²) in [7, 11) is -3.14. The molecule has 3 heteroatoms. The summed E-state index contributed by atoms with van der Waals surface area (Å²) in [5.74, 6) is 0. The Balaban J connectivity index is 3.16. The van der Waals surface area contributed by atoms with Crippen LogP contribution in [0.5, 0.6) is 0 Å². The van der Waals surface area contributed by atoms with Crippen LogP contribution in [0, 0.1) is 0 Å². The average Bonchev–Trinajstić information content (AvgIpc) is 2.17. The summed E-state index contributed by atoms with van der Waals surface area (Å²) < 4.78 is 23.4. The van der Waals surface area contributed by atoms with Crippen LogP contribution in [0.4, 0.5) is 0 Å². The van der Waals surface area contributed by atoms with Crippen molar-refractivity contribution in [2.75, 3.05) is 0 Å². The molecule has 0 spiro atoms. The first-order valence-electron chi connectivity index (χ1n) is 4.45. The molecule has 0 N–H and O–H groups in total. The molecule has 0 bridgehead atoms. The Labute approximate surface area is 85.2 Å². The van der Waals surface area contributed by atoms with Crippen molar-refractivity contribution < 1.29 is 8.42 Å². The molecule has 1 rings (SSSR count). The third-order valence-corrected chi connectivity index (χ3v) is 4.24. The molecule has 0 aromatic heterocycles. The quantitative estimate of drug-likeness (QED) is 0.768. The minimum atomic E-state index is -3.14. The van der Waals surface area contributed by atoms with E-state index in [2.05, 4.69) is 6.58 Å². The Hall–Kier alpha value is -1.09. The van der Waals surface area contributed by atoms with E-state index in [1.165, 1.54) is 0 Å². The first kappa shape index (κ1) is 11.0. The van der Waals surface area contributed by atoms with Gasteiger partial charge < -0.3 is 0 Å². The SMILES string of the molecule is C=Cc1ccc(S(=O)(=O)C(C)C)cc1. The fourth-order valence-electron chi connectivity index (χ4n) is 1.07. The molecule has 0 heterocycles. The first-order valence-corrected chi connectivity index (χ1v) is 5.99. The number of rotatable bonds is 3. The highest BCUT2D eigenvalue weighted by molar-refractivity contribution is 7.92. The molecule has 0 saturated carbocycles. The zero-order valence-electron chi connectivity index (χ0n) is 8.40. The van der Waals surface area contributed by atoms with E-state index >= 15 is 0 Å². The third kappa shape index (κ3) is 2.04. The zero-order valence-corrected chi connectivity index (χ0v) is 9.21. The lowest BCUT2D eigenvalue weighted by Crippen LogP contribution is -2.13. The minimum absolute atomic E-state index is 0.373. The van der Waals surface area contributed by atoms with Crippen molar-refractivity contribution in [3.8, 4) is 0 Å². The van der Waals surface area contributed by atoms with Crippen LogP contribution in [0.15, 0.2) is 35.7 Å². The van der Waals surface area contributed by atoms with Gasteiger partial charge in [-0.15, -0.1) is 0 Å². The Kier molecular flexibility index (Phi) is 3.11. The van der Waals surface area contributed by atoms with Gasteiger partial charge in [0.25, 0.3) is 0 Å². The topological polar surface area (TPSA) is 34.1 Å². The van der Waals surface area contributed by atoms with Crippen LogP contribution in [-0.2, 0) is 9.84 Å². The third-order valence-electron chi connectivity index (χ3n) is 2.06. The van der Waals surface area contributed by atoms with Crippen LogP contribution in [0.3, 0.4) is 0 Å². The highest BCUT2D eigenvalue weighted by atomic mass is 32.2. The molecule has 0 radical (unpaired) electrons. The molecule has 0 fully saturated rings. The predicted octanol–water partition coefficient (Wildman–Crippen LogP) is 2.51. The number of sulfone groups is 1. The Morgan fingerprint density at radius 1 is 1.21 bits per heavy atom. The summed E-state index contributed by atoms with van der Waals surface area (Å²) in [6.45, 7) is 6.96. The molecule has 0 amide bonds. The largest absolute Gasteiger partial charge is 0.223 e. The normalized spacial score (nSPS) is 11.6. The molecule has 0 unspecified atom stereocenters. The average molecular weight is 210 g/mol. The van der Waals surface area contributed by atoms with Crippen molar-refractivity contribution in [2.45, 2.75) is 24.0 Å². The second-order valence-corrected chi connectivity index (χ2v) is 5.87. The summed E-state index contributed by atoms with van der Waals surface area (Å²) in [6, 6.07) is 6.74. The van der Waals surface area contributed by atoms with E-state index in [1.807, 2.05) is 0 Å². The van der Waals surface area contributed by atoms with Crippen molar-refractivity contribution >= 4 is 15.9 Å². The van der Waals surface area contributed by atoms with E-state index in [-0.39, 0.29) is 5.25 Å². The standard InChI is InChI=1S/C11H14O2S/c1-4-10-5-7-11(8-6-10)14(12,13)9(2)3/h4-9H,1H2,2-3H3. The molecule has 0 aliphatic heterocycles. The van der Waals surface area contributed by atoms with Crippen molar-refractivity contribution in [2.24, 2.45) is 0 Å². The van der Waals surface area contributed by atoms with E-state index in [9.17, 15) is 8.42 Å². The summed E-state index contributed by atoms with van der Waals surface area (Å²) >= 11 is 0. The van der Waals surface area contributed by atoms with Gasteiger partial charge in [-0.1, -0.05) is 24.8 Å². The maximum atomic E-state index is 11.7. The van der Waals surface area contributed by atoms with Crippen molar-refractivity contribution in [3.63, 3.8) is 0 Å². The molecular formula is C11H14O2S. The number of hydrogen-bond acceptors (Lipinski definition) is 2. The summed E-state index contributed by atoms with van der Waals surface area (Å²) in [6.07, 6.45) is 1.69. The van der Waals surface area contributed by atoms with Crippen LogP contribution in [0.1, 0.15) is 19.4 Å². The summed E-state index contributed by atoms with van der Waals surface area (Å²) in [5.41, 5.74) is 0.924. The van der Waals surface area contributed by atoms with Gasteiger partial charge in [-0.3, -0.25) is 0 Å². The van der Waals surface area contributed by atoms with Crippen molar-refractivity contribution in [1.82, 2.24) is 0 Å². The lowest BCUT2D eigenvalue weighted by Gasteiger charge is -2.07. The van der Waals surface area contributed by atoms with Gasteiger partial charge in [0.2, 0.25) is 0 Å². The van der Waals surface area contributed by atoms with Crippen molar-refractivity contribution in [3.05, 3.63) is 36.4 Å². The van der Waals surface area contributed by atoms with Gasteiger partial charge in [-0.2, -0.15) is 0 Å². The zero-order chi connectivity index (χ0) is 10.8. The molecule has 0 saturated heterocycles. The van der Waals surface area contributed by atoms with Crippen LogP contribution in [0.2, 0.25) is 0 Å². The van der Waals surface area contributed by atoms with Gasteiger partial charge in [-0.05, 0) is 31.5 Å². The van der Waals surface area contributed by atoms with Gasteiger partial charge >= 0.3 is 0 Å². The molecule has 1 aromatic rings. The second-order valence-electron chi connectivity index (χ2n) is 3.37. The first-order chi connectivity index (χ1) is 6.48. The molecule has 0 aliphatic rings. The Morgan fingerprint density at radius 3 is 2.07 bits per heavy atom. The lowest BCUT2D eigenvalue weighted by molar-refractivity contribution is 0.587. The second kappa shape index (κ2) is 3.96. The number of benzene rings is 1. The van der Waals surface area contributed by atoms with Gasteiger partial charge in [0, 0.05) is 0 Å². The van der Waals surface area contributed by atoms with Crippen molar-refractivity contribution in [1.29, 1.82) is 0 Å². The van der Waals surface area contributed by atoms with Crippen LogP contribution in [-0.4, -0.2) is 13.7 Å². The van der Waals surface area contributed by atoms with Gasteiger partial charge in [0.05, 0.1) is 10.1 Å². The van der Waals surface area contributed by atoms with E-state index in [4.69, 9.17) is 0 Å². The van der Waals surface area contributed by atoms with E-state index in [0.29, 0.717) is 4.90 Å². The molecular weight excluding hydrogens is 196 g/mol. The van der Waals surface area contributed by atoms with E-state index in [1.54, 1.807) is 44.2 Å². The Morgan fingerprint density at radius 2 is 1.71 bits per heavy atom. The van der Waals surface area contributed by atoms with E-state index in [0.717, 1.165) is 5.56 Å². The minimum Gasteiger partial charge on any atom is -0.223 e. The van der Waals surface area contributed by atoms with E-state index < -0.39 is 9.84 Å². The van der Waals surface area contributed by atoms with Crippen LogP contribution in [0.25, 0.3) is 6.08 Å². The van der Waals surface area contributed by atoms with Crippen LogP contribution >= 0.6 is 0 Å². The smallest absolute Gasteiger partial charge is 0.180 e. The van der Waals surface area contributed by atoms with Gasteiger partial charge in [-0.25, -0.2) is 8.42 Å². The fraction of sp³-hybridized carbons (Fsp3) is 0.273. The maximum Gasteiger partial charge on any atom is 0.180 e. The molecule has 76 valence electrons. The molecule has 2 nitrogen and oxygen atoms in total. The molecule has 1 aromatic carbocycles. The fourth-order valence-corrected chi connectivity index (χ4v) is 2.13. The molecule has 14 heavy (non-hydrogen) atoms. The molecule has 0 aliphatic carbocycles. The monoisotopic (exact) mass is 210 g/mol. The van der Waals surface area contributed by atoms with Gasteiger partial charge in [0.1, 0.15) is 0 Å². The highest BCUT2D eigenvalue weighted by Gasteiger charge is 2.18. The van der Waals surface area contributed by atoms with Gasteiger partial charge in [0.15, 0.2) is 9.84 Å². The number of hydrogen-bond donors (Lipinski definition) is 0. The van der Waals surface area contributed by atoms with Crippen LogP contribution < -0.4 is 0 Å². The lowest BCUT2D eigenvalue weighted by atomic mass is 10.2. The molecule has 0 atom stereocenters. The maximum absolute atomic E-state index is 11.7. The Bertz CT molecular complexity index is 413. The summed E-state index contributed by atoms with van der Waals surface area (Å²) in [5, 5.41) is -0.378. The summed E-state index contributed by atoms with van der Waals surface area (Å²) in [4.78, 5) is 0.373. The predicted molar refractivity (Wildman–Crippen MR) is 58.9 cm³/mol.